The largest absolute Gasteiger partial charge is 0.513 e. The van der Waals surface area contributed by atoms with Crippen molar-refractivity contribution in [3.05, 3.63) is 0 Å². The van der Waals surface area contributed by atoms with Crippen molar-refractivity contribution in [3.63, 3.8) is 0 Å². The number of hydrogen-bond acceptors (Lipinski definition) is 6. The van der Waals surface area contributed by atoms with Gasteiger partial charge in [0, 0.05) is 0 Å². The summed E-state index contributed by atoms with van der Waals surface area (Å²) in [4.78, 5) is 21.5. The third-order valence-electron chi connectivity index (χ3n) is 1.15. The minimum Gasteiger partial charge on any atom is -0.434 e. The van der Waals surface area contributed by atoms with Gasteiger partial charge in [-0.2, -0.15) is 0 Å². The van der Waals surface area contributed by atoms with Crippen molar-refractivity contribution >= 4 is 12.1 Å². The maximum absolute atomic E-state index is 10.9. The number of aliphatic hydroxyl groups is 1. The van der Waals surface area contributed by atoms with Crippen LogP contribution in [-0.2, 0) is 19.0 Å². The minimum atomic E-state index is -1.91. The summed E-state index contributed by atoms with van der Waals surface area (Å²) in [7, 11) is 0. The van der Waals surface area contributed by atoms with Gasteiger partial charge in [0.25, 0.3) is 0 Å². The van der Waals surface area contributed by atoms with Gasteiger partial charge in [0.2, 0.25) is 0 Å². The third-order valence-corrected chi connectivity index (χ3v) is 1.15. The van der Waals surface area contributed by atoms with Gasteiger partial charge in [0.15, 0.2) is 0 Å². The van der Waals surface area contributed by atoms with E-state index >= 15 is 0 Å². The second-order valence-corrected chi connectivity index (χ2v) is 2.70. The first kappa shape index (κ1) is 12.7. The summed E-state index contributed by atoms with van der Waals surface area (Å²) in [6, 6.07) is 0. The summed E-state index contributed by atoms with van der Waals surface area (Å²) in [5, 5.41) is 8.90. The van der Waals surface area contributed by atoms with Crippen LogP contribution in [0.4, 0.5) is 4.79 Å². The molecule has 0 amide bonds. The molecule has 0 aromatic carbocycles. The fraction of sp³-hybridized carbons (Fsp3) is 0.750. The third kappa shape index (κ3) is 5.36. The van der Waals surface area contributed by atoms with E-state index in [0.717, 1.165) is 0 Å². The van der Waals surface area contributed by atoms with E-state index in [1.807, 2.05) is 0 Å². The van der Waals surface area contributed by atoms with Crippen molar-refractivity contribution in [3.8, 4) is 0 Å². The molecule has 0 aromatic rings. The number of carbonyl (C=O) groups excluding carboxylic acids is 2. The normalized spacial score (nSPS) is 12.1. The van der Waals surface area contributed by atoms with Gasteiger partial charge < -0.3 is 19.3 Å². The lowest BCUT2D eigenvalue weighted by atomic mass is 10.2. The Labute approximate surface area is 81.8 Å². The van der Waals surface area contributed by atoms with Crippen LogP contribution in [-0.4, -0.2) is 30.3 Å². The Morgan fingerprint density at radius 2 is 1.86 bits per heavy atom. The van der Waals surface area contributed by atoms with E-state index in [-0.39, 0.29) is 6.61 Å². The predicted molar refractivity (Wildman–Crippen MR) is 45.0 cm³/mol. The zero-order valence-corrected chi connectivity index (χ0v) is 8.35. The Bertz CT molecular complexity index is 200. The maximum atomic E-state index is 10.9. The molecule has 0 heterocycles. The highest BCUT2D eigenvalue weighted by Gasteiger charge is 2.18. The van der Waals surface area contributed by atoms with Crippen molar-refractivity contribution in [2.75, 3.05) is 6.61 Å². The lowest BCUT2D eigenvalue weighted by molar-refractivity contribution is -0.237. The summed E-state index contributed by atoms with van der Waals surface area (Å²) < 4.78 is 12.8. The van der Waals surface area contributed by atoms with Gasteiger partial charge >= 0.3 is 18.6 Å². The molecule has 0 aliphatic heterocycles. The van der Waals surface area contributed by atoms with E-state index in [4.69, 9.17) is 5.11 Å². The highest BCUT2D eigenvalue weighted by molar-refractivity contribution is 5.71. The zero-order valence-electron chi connectivity index (χ0n) is 8.35. The van der Waals surface area contributed by atoms with Gasteiger partial charge in [-0.15, -0.1) is 0 Å². The van der Waals surface area contributed by atoms with Crippen LogP contribution in [0, 0.1) is 5.92 Å². The summed E-state index contributed by atoms with van der Waals surface area (Å²) in [5.41, 5.74) is 0. The molecule has 14 heavy (non-hydrogen) atoms. The van der Waals surface area contributed by atoms with Crippen LogP contribution in [0.2, 0.25) is 0 Å². The van der Waals surface area contributed by atoms with E-state index in [9.17, 15) is 9.59 Å². The zero-order chi connectivity index (χ0) is 11.1. The Hall–Kier alpha value is -1.30. The van der Waals surface area contributed by atoms with Crippen molar-refractivity contribution in [1.29, 1.82) is 0 Å². The van der Waals surface area contributed by atoms with Crippen LogP contribution >= 0.6 is 0 Å². The fourth-order valence-electron chi connectivity index (χ4n) is 0.494. The van der Waals surface area contributed by atoms with Crippen LogP contribution in [0.3, 0.4) is 0 Å². The molecule has 0 aromatic heterocycles. The standard InChI is InChI=1S/C8H14O6/c1-4-12-7(10)14-8(11)13-6(9)5(2)3/h5,8,11H,4H2,1-3H3. The Morgan fingerprint density at radius 3 is 2.29 bits per heavy atom. The average molecular weight is 206 g/mol. The van der Waals surface area contributed by atoms with Gasteiger partial charge in [-0.25, -0.2) is 4.79 Å². The van der Waals surface area contributed by atoms with Crippen molar-refractivity contribution < 1.29 is 28.9 Å². The van der Waals surface area contributed by atoms with Gasteiger partial charge in [-0.1, -0.05) is 13.8 Å². The molecule has 0 spiro atoms. The fourth-order valence-corrected chi connectivity index (χ4v) is 0.494. The SMILES string of the molecule is CCOC(=O)OC(O)OC(=O)C(C)C. The van der Waals surface area contributed by atoms with E-state index in [0.29, 0.717) is 0 Å². The Morgan fingerprint density at radius 1 is 1.29 bits per heavy atom. The summed E-state index contributed by atoms with van der Waals surface area (Å²) in [5.74, 6) is -1.07. The van der Waals surface area contributed by atoms with Crippen LogP contribution in [0.15, 0.2) is 0 Å². The summed E-state index contributed by atoms with van der Waals surface area (Å²) in [6.07, 6.45) is -1.09. The maximum Gasteiger partial charge on any atom is 0.513 e. The van der Waals surface area contributed by atoms with E-state index < -0.39 is 24.5 Å². The molecule has 0 aliphatic rings. The summed E-state index contributed by atoms with van der Waals surface area (Å²) >= 11 is 0. The second kappa shape index (κ2) is 6.20. The number of rotatable bonds is 4. The van der Waals surface area contributed by atoms with Gasteiger partial charge in [-0.05, 0) is 6.92 Å². The number of carbonyl (C=O) groups is 2. The number of hydrogen-bond donors (Lipinski definition) is 1. The van der Waals surface area contributed by atoms with Crippen molar-refractivity contribution in [2.45, 2.75) is 27.2 Å². The molecular formula is C8H14O6. The monoisotopic (exact) mass is 206 g/mol. The second-order valence-electron chi connectivity index (χ2n) is 2.70. The van der Waals surface area contributed by atoms with E-state index in [1.54, 1.807) is 20.8 Å². The molecule has 0 saturated heterocycles. The van der Waals surface area contributed by atoms with Crippen LogP contribution < -0.4 is 0 Å². The van der Waals surface area contributed by atoms with Crippen molar-refractivity contribution in [1.82, 2.24) is 0 Å². The first-order chi connectivity index (χ1) is 6.47. The van der Waals surface area contributed by atoms with E-state index in [1.165, 1.54) is 0 Å². The molecule has 6 heteroatoms. The molecule has 0 radical (unpaired) electrons. The van der Waals surface area contributed by atoms with Gasteiger partial charge in [-0.3, -0.25) is 4.79 Å². The Balaban J connectivity index is 3.80. The van der Waals surface area contributed by atoms with Crippen LogP contribution in [0.5, 0.6) is 0 Å². The molecule has 0 bridgehead atoms. The van der Waals surface area contributed by atoms with Gasteiger partial charge in [0.1, 0.15) is 0 Å². The molecule has 1 N–H and O–H groups in total. The Kier molecular flexibility index (Phi) is 5.62. The average Bonchev–Trinajstić information content (AvgIpc) is 2.03. The molecule has 0 aliphatic carbocycles. The quantitative estimate of drug-likeness (QED) is 0.536. The highest BCUT2D eigenvalue weighted by Crippen LogP contribution is 2.01. The number of ether oxygens (including phenoxy) is 3. The van der Waals surface area contributed by atoms with Gasteiger partial charge in [0.05, 0.1) is 12.5 Å². The molecule has 0 saturated carbocycles. The van der Waals surface area contributed by atoms with E-state index in [2.05, 4.69) is 14.2 Å². The smallest absolute Gasteiger partial charge is 0.434 e. The molecule has 0 fully saturated rings. The molecule has 1 atom stereocenters. The number of aliphatic hydroxyl groups excluding tert-OH is 1. The first-order valence-electron chi connectivity index (χ1n) is 4.19. The van der Waals surface area contributed by atoms with Crippen molar-refractivity contribution in [2.24, 2.45) is 5.92 Å². The molecule has 82 valence electrons. The minimum absolute atomic E-state index is 0.115. The highest BCUT2D eigenvalue weighted by atomic mass is 16.9. The molecule has 0 rings (SSSR count). The van der Waals surface area contributed by atoms with Crippen LogP contribution in [0.1, 0.15) is 20.8 Å². The number of esters is 1. The molecule has 1 unspecified atom stereocenters. The lowest BCUT2D eigenvalue weighted by Crippen LogP contribution is -2.26. The topological polar surface area (TPSA) is 82.1 Å². The molecular weight excluding hydrogens is 192 g/mol. The lowest BCUT2D eigenvalue weighted by Gasteiger charge is -2.13. The summed E-state index contributed by atoms with van der Waals surface area (Å²) in [6.45, 7) is 2.94. The predicted octanol–water partition coefficient (Wildman–Crippen LogP) is 0.635. The van der Waals surface area contributed by atoms with Crippen LogP contribution in [0.25, 0.3) is 0 Å². The molecule has 6 nitrogen and oxygen atoms in total. The first-order valence-corrected chi connectivity index (χ1v) is 4.19.